The molecule has 2 fully saturated rings. The third-order valence-corrected chi connectivity index (χ3v) is 6.15. The minimum absolute atomic E-state index is 0.149. The van der Waals surface area contributed by atoms with E-state index in [-0.39, 0.29) is 11.8 Å². The van der Waals surface area contributed by atoms with Gasteiger partial charge in [-0.3, -0.25) is 4.79 Å². The Morgan fingerprint density at radius 2 is 1.93 bits per heavy atom. The molecule has 0 unspecified atom stereocenters. The van der Waals surface area contributed by atoms with E-state index in [0.29, 0.717) is 44.3 Å². The van der Waals surface area contributed by atoms with Crippen molar-refractivity contribution < 1.29 is 18.8 Å². The first-order valence-corrected chi connectivity index (χ1v) is 11.0. The summed E-state index contributed by atoms with van der Waals surface area (Å²) in [6.45, 7) is 2.79. The first kappa shape index (κ1) is 20.8. The van der Waals surface area contributed by atoms with Crippen LogP contribution < -0.4 is 4.74 Å². The van der Waals surface area contributed by atoms with E-state index < -0.39 is 0 Å². The van der Waals surface area contributed by atoms with Crippen molar-refractivity contribution in [3.63, 3.8) is 0 Å². The van der Waals surface area contributed by atoms with Crippen molar-refractivity contribution in [3.8, 4) is 5.75 Å². The standard InChI is InChI=1S/C23H31N3O4/c1-28-20-9-6-17(7-10-20)8-11-22(27)26-14-19(15-26)23-24-21(25-30-23)12-13-29-16-18-4-2-3-5-18/h6-7,9-10,18-19H,2-5,8,11-16H2,1H3. The Labute approximate surface area is 177 Å². The van der Waals surface area contributed by atoms with Crippen molar-refractivity contribution >= 4 is 5.91 Å². The van der Waals surface area contributed by atoms with Gasteiger partial charge in [0.15, 0.2) is 5.82 Å². The number of carbonyl (C=O) groups excluding carboxylic acids is 1. The molecule has 4 rings (SSSR count). The van der Waals surface area contributed by atoms with Gasteiger partial charge in [0, 0.05) is 32.5 Å². The number of benzene rings is 1. The molecule has 0 N–H and O–H groups in total. The van der Waals surface area contributed by atoms with E-state index >= 15 is 0 Å². The van der Waals surface area contributed by atoms with Crippen LogP contribution in [-0.2, 0) is 22.4 Å². The SMILES string of the molecule is COc1ccc(CCC(=O)N2CC(c3nc(CCOCC4CCCC4)no3)C2)cc1. The van der Waals surface area contributed by atoms with Crippen LogP contribution in [0.2, 0.25) is 0 Å². The second-order valence-electron chi connectivity index (χ2n) is 8.37. The quantitative estimate of drug-likeness (QED) is 0.556. The van der Waals surface area contributed by atoms with Crippen LogP contribution in [0.4, 0.5) is 0 Å². The fraction of sp³-hybridized carbons (Fsp3) is 0.609. The lowest BCUT2D eigenvalue weighted by Gasteiger charge is -2.37. The third-order valence-electron chi connectivity index (χ3n) is 6.15. The molecule has 0 bridgehead atoms. The van der Waals surface area contributed by atoms with Crippen LogP contribution in [0, 0.1) is 5.92 Å². The summed E-state index contributed by atoms with van der Waals surface area (Å²) in [5, 5.41) is 4.07. The highest BCUT2D eigenvalue weighted by Crippen LogP contribution is 2.27. The first-order chi connectivity index (χ1) is 14.7. The van der Waals surface area contributed by atoms with Crippen LogP contribution in [-0.4, -0.2) is 54.4 Å². The third kappa shape index (κ3) is 5.39. The van der Waals surface area contributed by atoms with Gasteiger partial charge in [0.1, 0.15) is 5.75 Å². The summed E-state index contributed by atoms with van der Waals surface area (Å²) in [7, 11) is 1.65. The highest BCUT2D eigenvalue weighted by atomic mass is 16.5. The molecule has 1 aromatic heterocycles. The maximum atomic E-state index is 12.4. The van der Waals surface area contributed by atoms with Crippen LogP contribution >= 0.6 is 0 Å². The van der Waals surface area contributed by atoms with Gasteiger partial charge in [-0.25, -0.2) is 0 Å². The number of ether oxygens (including phenoxy) is 2. The zero-order valence-corrected chi connectivity index (χ0v) is 17.7. The molecule has 1 saturated carbocycles. The minimum atomic E-state index is 0.149. The second kappa shape index (κ2) is 10.1. The molecule has 2 aliphatic rings. The zero-order valence-electron chi connectivity index (χ0n) is 17.7. The average molecular weight is 414 g/mol. The van der Waals surface area contributed by atoms with E-state index in [1.54, 1.807) is 7.11 Å². The monoisotopic (exact) mass is 413 g/mol. The zero-order chi connectivity index (χ0) is 20.8. The summed E-state index contributed by atoms with van der Waals surface area (Å²) >= 11 is 0. The predicted octanol–water partition coefficient (Wildman–Crippen LogP) is 3.39. The molecule has 0 spiro atoms. The molecule has 30 heavy (non-hydrogen) atoms. The molecule has 0 atom stereocenters. The lowest BCUT2D eigenvalue weighted by atomic mass is 9.99. The summed E-state index contributed by atoms with van der Waals surface area (Å²) in [6.07, 6.45) is 7.18. The van der Waals surface area contributed by atoms with Gasteiger partial charge in [0.05, 0.1) is 19.6 Å². The summed E-state index contributed by atoms with van der Waals surface area (Å²) in [4.78, 5) is 18.8. The molecule has 2 aromatic rings. The Morgan fingerprint density at radius 1 is 1.17 bits per heavy atom. The average Bonchev–Trinajstić information content (AvgIpc) is 3.41. The number of aromatic nitrogens is 2. The van der Waals surface area contributed by atoms with E-state index in [0.717, 1.165) is 30.3 Å². The number of nitrogens with zero attached hydrogens (tertiary/aromatic N) is 3. The number of amides is 1. The topological polar surface area (TPSA) is 77.7 Å². The molecule has 162 valence electrons. The Morgan fingerprint density at radius 3 is 2.67 bits per heavy atom. The largest absolute Gasteiger partial charge is 0.497 e. The summed E-state index contributed by atoms with van der Waals surface area (Å²) in [5.74, 6) is 3.21. The predicted molar refractivity (Wildman–Crippen MR) is 111 cm³/mol. The van der Waals surface area contributed by atoms with Crippen LogP contribution in [0.15, 0.2) is 28.8 Å². The van der Waals surface area contributed by atoms with E-state index in [1.807, 2.05) is 29.2 Å². The van der Waals surface area contributed by atoms with Gasteiger partial charge < -0.3 is 18.9 Å². The van der Waals surface area contributed by atoms with Gasteiger partial charge in [-0.1, -0.05) is 30.1 Å². The molecule has 1 saturated heterocycles. The number of carbonyl (C=O) groups is 1. The van der Waals surface area contributed by atoms with Gasteiger partial charge in [0.2, 0.25) is 11.8 Å². The molecule has 7 heteroatoms. The number of hydrogen-bond acceptors (Lipinski definition) is 6. The molecular weight excluding hydrogens is 382 g/mol. The fourth-order valence-corrected chi connectivity index (χ4v) is 4.17. The van der Waals surface area contributed by atoms with Crippen molar-refractivity contribution in [2.45, 2.75) is 50.9 Å². The van der Waals surface area contributed by atoms with Crippen LogP contribution in [0.1, 0.15) is 55.3 Å². The second-order valence-corrected chi connectivity index (χ2v) is 8.37. The Bertz CT molecular complexity index is 808. The summed E-state index contributed by atoms with van der Waals surface area (Å²) in [6, 6.07) is 7.85. The molecule has 1 aliphatic heterocycles. The molecule has 7 nitrogen and oxygen atoms in total. The molecular formula is C23H31N3O4. The van der Waals surface area contributed by atoms with E-state index in [9.17, 15) is 4.79 Å². The number of hydrogen-bond donors (Lipinski definition) is 0. The van der Waals surface area contributed by atoms with Crippen LogP contribution in [0.5, 0.6) is 5.75 Å². The van der Waals surface area contributed by atoms with E-state index in [4.69, 9.17) is 14.0 Å². The Kier molecular flexibility index (Phi) is 7.00. The molecule has 0 radical (unpaired) electrons. The maximum absolute atomic E-state index is 12.4. The van der Waals surface area contributed by atoms with Gasteiger partial charge in [-0.05, 0) is 42.9 Å². The Balaban J connectivity index is 1.13. The van der Waals surface area contributed by atoms with Crippen molar-refractivity contribution in [3.05, 3.63) is 41.5 Å². The van der Waals surface area contributed by atoms with Gasteiger partial charge >= 0.3 is 0 Å². The molecule has 2 heterocycles. The lowest BCUT2D eigenvalue weighted by molar-refractivity contribution is -0.135. The highest BCUT2D eigenvalue weighted by Gasteiger charge is 2.35. The normalized spacial score (nSPS) is 17.3. The smallest absolute Gasteiger partial charge is 0.233 e. The number of rotatable bonds is 10. The number of methoxy groups -OCH3 is 1. The number of likely N-dealkylation sites (tertiary alicyclic amines) is 1. The Hall–Kier alpha value is -2.41. The van der Waals surface area contributed by atoms with Crippen molar-refractivity contribution in [1.82, 2.24) is 15.0 Å². The van der Waals surface area contributed by atoms with E-state index in [1.165, 1.54) is 25.7 Å². The van der Waals surface area contributed by atoms with Crippen LogP contribution in [0.3, 0.4) is 0 Å². The first-order valence-electron chi connectivity index (χ1n) is 11.0. The van der Waals surface area contributed by atoms with E-state index in [2.05, 4.69) is 10.1 Å². The van der Waals surface area contributed by atoms with Crippen molar-refractivity contribution in [2.75, 3.05) is 33.4 Å². The van der Waals surface area contributed by atoms with Crippen molar-refractivity contribution in [2.24, 2.45) is 5.92 Å². The highest BCUT2D eigenvalue weighted by molar-refractivity contribution is 5.77. The molecule has 1 amide bonds. The summed E-state index contributed by atoms with van der Waals surface area (Å²) in [5.41, 5.74) is 1.14. The maximum Gasteiger partial charge on any atom is 0.233 e. The minimum Gasteiger partial charge on any atom is -0.497 e. The lowest BCUT2D eigenvalue weighted by Crippen LogP contribution is -2.48. The van der Waals surface area contributed by atoms with Crippen LogP contribution in [0.25, 0.3) is 0 Å². The van der Waals surface area contributed by atoms with Gasteiger partial charge in [-0.15, -0.1) is 0 Å². The van der Waals surface area contributed by atoms with Gasteiger partial charge in [0.25, 0.3) is 0 Å². The summed E-state index contributed by atoms with van der Waals surface area (Å²) < 4.78 is 16.3. The van der Waals surface area contributed by atoms with Gasteiger partial charge in [-0.2, -0.15) is 4.98 Å². The molecule has 1 aliphatic carbocycles. The number of aryl methyl sites for hydroxylation is 1. The fourth-order valence-electron chi connectivity index (χ4n) is 4.17. The van der Waals surface area contributed by atoms with Crippen molar-refractivity contribution in [1.29, 1.82) is 0 Å². The molecule has 1 aromatic carbocycles.